The van der Waals surface area contributed by atoms with Crippen molar-refractivity contribution in [2.45, 2.75) is 20.3 Å². The van der Waals surface area contributed by atoms with E-state index in [-0.39, 0.29) is 12.4 Å². The van der Waals surface area contributed by atoms with Gasteiger partial charge in [0.2, 0.25) is 0 Å². The number of esters is 1. The summed E-state index contributed by atoms with van der Waals surface area (Å²) in [5.74, 6) is -0.735. The van der Waals surface area contributed by atoms with Gasteiger partial charge in [0.05, 0.1) is 6.61 Å². The minimum atomic E-state index is -1.20. The first kappa shape index (κ1) is 17.0. The number of carbonyl (C=O) groups is 2. The third-order valence-corrected chi connectivity index (χ3v) is 3.19. The molecule has 0 amide bonds. The van der Waals surface area contributed by atoms with Crippen LogP contribution in [0.25, 0.3) is 0 Å². The van der Waals surface area contributed by atoms with E-state index in [9.17, 15) is 9.59 Å². The Labute approximate surface area is 126 Å². The molecule has 1 aromatic carbocycles. The zero-order chi connectivity index (χ0) is 15.9. The van der Waals surface area contributed by atoms with E-state index in [2.05, 4.69) is 0 Å². The van der Waals surface area contributed by atoms with E-state index >= 15 is 0 Å². The van der Waals surface area contributed by atoms with Crippen molar-refractivity contribution >= 4 is 11.8 Å². The third-order valence-electron chi connectivity index (χ3n) is 3.19. The molecule has 0 heterocycles. The fourth-order valence-corrected chi connectivity index (χ4v) is 1.96. The molecule has 0 fully saturated rings. The predicted octanol–water partition coefficient (Wildman–Crippen LogP) is 2.44. The van der Waals surface area contributed by atoms with Gasteiger partial charge in [0.25, 0.3) is 0 Å². The largest absolute Gasteiger partial charge is 0.465 e. The maximum absolute atomic E-state index is 12.5. The molecule has 1 aromatic rings. The van der Waals surface area contributed by atoms with E-state index in [0.717, 1.165) is 5.56 Å². The molecule has 114 valence electrons. The van der Waals surface area contributed by atoms with Crippen molar-refractivity contribution in [1.82, 2.24) is 4.90 Å². The lowest BCUT2D eigenvalue weighted by molar-refractivity contribution is -0.157. The van der Waals surface area contributed by atoms with Gasteiger partial charge < -0.3 is 9.64 Å². The standard InChI is InChI=1S/C17H23NO3/c1-5-21-16(20)17(2,15(19)11-12-18(3)4)13-14-9-7-6-8-10-14/h6-12H,5,13H2,1-4H3. The van der Waals surface area contributed by atoms with Crippen LogP contribution in [0.4, 0.5) is 0 Å². The highest BCUT2D eigenvalue weighted by atomic mass is 16.5. The molecular weight excluding hydrogens is 266 g/mol. The summed E-state index contributed by atoms with van der Waals surface area (Å²) in [6.45, 7) is 3.63. The summed E-state index contributed by atoms with van der Waals surface area (Å²) in [6.07, 6.45) is 3.40. The molecule has 4 heteroatoms. The summed E-state index contributed by atoms with van der Waals surface area (Å²) in [5, 5.41) is 0. The van der Waals surface area contributed by atoms with Gasteiger partial charge in [0.1, 0.15) is 5.41 Å². The Hall–Kier alpha value is -2.10. The summed E-state index contributed by atoms with van der Waals surface area (Å²) in [6, 6.07) is 9.49. The Morgan fingerprint density at radius 2 is 1.86 bits per heavy atom. The zero-order valence-corrected chi connectivity index (χ0v) is 13.1. The number of rotatable bonds is 7. The molecule has 0 spiro atoms. The molecular formula is C17H23NO3. The van der Waals surface area contributed by atoms with Gasteiger partial charge in [-0.05, 0) is 31.9 Å². The number of allylic oxidation sites excluding steroid dienone is 1. The van der Waals surface area contributed by atoms with Crippen LogP contribution < -0.4 is 0 Å². The highest BCUT2D eigenvalue weighted by Crippen LogP contribution is 2.26. The van der Waals surface area contributed by atoms with E-state index in [1.54, 1.807) is 24.9 Å². The molecule has 21 heavy (non-hydrogen) atoms. The molecule has 1 rings (SSSR count). The van der Waals surface area contributed by atoms with Crippen LogP contribution in [0, 0.1) is 5.41 Å². The molecule has 1 unspecified atom stereocenters. The highest BCUT2D eigenvalue weighted by molar-refractivity contribution is 6.09. The van der Waals surface area contributed by atoms with Gasteiger partial charge in [-0.2, -0.15) is 0 Å². The maximum Gasteiger partial charge on any atom is 0.320 e. The summed E-state index contributed by atoms with van der Waals surface area (Å²) >= 11 is 0. The Kier molecular flexibility index (Phi) is 6.15. The first-order chi connectivity index (χ1) is 9.90. The Bertz CT molecular complexity index is 508. The Morgan fingerprint density at radius 3 is 2.38 bits per heavy atom. The second-order valence-electron chi connectivity index (χ2n) is 5.36. The van der Waals surface area contributed by atoms with Crippen molar-refractivity contribution < 1.29 is 14.3 Å². The van der Waals surface area contributed by atoms with Crippen LogP contribution in [-0.2, 0) is 20.7 Å². The Morgan fingerprint density at radius 1 is 1.24 bits per heavy atom. The quantitative estimate of drug-likeness (QED) is 0.439. The number of benzene rings is 1. The lowest BCUT2D eigenvalue weighted by atomic mass is 9.79. The second kappa shape index (κ2) is 7.62. The third kappa shape index (κ3) is 4.74. The van der Waals surface area contributed by atoms with Crippen molar-refractivity contribution in [2.24, 2.45) is 5.41 Å². The molecule has 0 aromatic heterocycles. The van der Waals surface area contributed by atoms with Crippen LogP contribution in [0.15, 0.2) is 42.6 Å². The van der Waals surface area contributed by atoms with E-state index in [1.807, 2.05) is 44.4 Å². The van der Waals surface area contributed by atoms with Crippen molar-refractivity contribution in [3.8, 4) is 0 Å². The minimum Gasteiger partial charge on any atom is -0.465 e. The van der Waals surface area contributed by atoms with Gasteiger partial charge in [-0.3, -0.25) is 9.59 Å². The molecule has 0 radical (unpaired) electrons. The van der Waals surface area contributed by atoms with Gasteiger partial charge in [-0.15, -0.1) is 0 Å². The molecule has 0 saturated carbocycles. The lowest BCUT2D eigenvalue weighted by Crippen LogP contribution is -2.39. The molecule has 4 nitrogen and oxygen atoms in total. The van der Waals surface area contributed by atoms with Gasteiger partial charge in [-0.1, -0.05) is 30.3 Å². The average molecular weight is 289 g/mol. The number of nitrogens with zero attached hydrogens (tertiary/aromatic N) is 1. The maximum atomic E-state index is 12.5. The van der Waals surface area contributed by atoms with Crippen molar-refractivity contribution in [2.75, 3.05) is 20.7 Å². The lowest BCUT2D eigenvalue weighted by Gasteiger charge is -2.24. The van der Waals surface area contributed by atoms with Crippen LogP contribution in [-0.4, -0.2) is 37.4 Å². The van der Waals surface area contributed by atoms with E-state index < -0.39 is 11.4 Å². The number of hydrogen-bond donors (Lipinski definition) is 0. The molecule has 0 saturated heterocycles. The smallest absolute Gasteiger partial charge is 0.320 e. The van der Waals surface area contributed by atoms with Crippen LogP contribution in [0.3, 0.4) is 0 Å². The summed E-state index contributed by atoms with van der Waals surface area (Å²) in [5.41, 5.74) is -0.274. The topological polar surface area (TPSA) is 46.6 Å². The SMILES string of the molecule is CCOC(=O)C(C)(Cc1ccccc1)C(=O)C=CN(C)C. The molecule has 0 aliphatic rings. The molecule has 0 N–H and O–H groups in total. The molecule has 1 atom stereocenters. The molecule has 0 aliphatic carbocycles. The summed E-state index contributed by atoms with van der Waals surface area (Å²) in [4.78, 5) is 26.5. The zero-order valence-electron chi connectivity index (χ0n) is 13.1. The van der Waals surface area contributed by atoms with E-state index in [0.29, 0.717) is 6.42 Å². The number of carbonyl (C=O) groups excluding carboxylic acids is 2. The normalized spacial score (nSPS) is 13.7. The van der Waals surface area contributed by atoms with Crippen LogP contribution in [0.5, 0.6) is 0 Å². The van der Waals surface area contributed by atoms with Gasteiger partial charge in [-0.25, -0.2) is 0 Å². The fourth-order valence-electron chi connectivity index (χ4n) is 1.96. The summed E-state index contributed by atoms with van der Waals surface area (Å²) in [7, 11) is 3.64. The molecule has 0 bridgehead atoms. The van der Waals surface area contributed by atoms with Crippen LogP contribution >= 0.6 is 0 Å². The highest BCUT2D eigenvalue weighted by Gasteiger charge is 2.41. The van der Waals surface area contributed by atoms with Crippen LogP contribution in [0.2, 0.25) is 0 Å². The molecule has 0 aliphatic heterocycles. The number of ketones is 1. The average Bonchev–Trinajstić information content (AvgIpc) is 2.45. The number of ether oxygens (including phenoxy) is 1. The number of hydrogen-bond acceptors (Lipinski definition) is 4. The first-order valence-electron chi connectivity index (χ1n) is 7.00. The predicted molar refractivity (Wildman–Crippen MR) is 82.7 cm³/mol. The monoisotopic (exact) mass is 289 g/mol. The minimum absolute atomic E-state index is 0.251. The second-order valence-corrected chi connectivity index (χ2v) is 5.36. The van der Waals surface area contributed by atoms with Crippen molar-refractivity contribution in [1.29, 1.82) is 0 Å². The van der Waals surface area contributed by atoms with Gasteiger partial charge in [0, 0.05) is 20.3 Å². The first-order valence-corrected chi connectivity index (χ1v) is 7.00. The van der Waals surface area contributed by atoms with Gasteiger partial charge >= 0.3 is 5.97 Å². The van der Waals surface area contributed by atoms with Gasteiger partial charge in [0.15, 0.2) is 5.78 Å². The van der Waals surface area contributed by atoms with Crippen molar-refractivity contribution in [3.63, 3.8) is 0 Å². The summed E-state index contributed by atoms with van der Waals surface area (Å²) < 4.78 is 5.10. The van der Waals surface area contributed by atoms with Crippen molar-refractivity contribution in [3.05, 3.63) is 48.2 Å². The fraction of sp³-hybridized carbons (Fsp3) is 0.412. The van der Waals surface area contributed by atoms with Crippen LogP contribution in [0.1, 0.15) is 19.4 Å². The Balaban J connectivity index is 3.05. The van der Waals surface area contributed by atoms with E-state index in [1.165, 1.54) is 6.08 Å². The van der Waals surface area contributed by atoms with E-state index in [4.69, 9.17) is 4.74 Å².